The van der Waals surface area contributed by atoms with E-state index in [4.69, 9.17) is 9.47 Å². The predicted octanol–water partition coefficient (Wildman–Crippen LogP) is 10.2. The van der Waals surface area contributed by atoms with E-state index in [0.717, 1.165) is 28.2 Å². The van der Waals surface area contributed by atoms with E-state index in [0.29, 0.717) is 15.3 Å². The summed E-state index contributed by atoms with van der Waals surface area (Å²) in [4.78, 5) is 0.709. The van der Waals surface area contributed by atoms with E-state index < -0.39 is 34.5 Å². The summed E-state index contributed by atoms with van der Waals surface area (Å²) in [6.07, 6.45) is 6.86. The Balaban J connectivity index is 1.67. The van der Waals surface area contributed by atoms with Crippen LogP contribution in [0.2, 0.25) is 0 Å². The van der Waals surface area contributed by atoms with Gasteiger partial charge in [-0.1, -0.05) is 59.9 Å². The van der Waals surface area contributed by atoms with Crippen LogP contribution >= 0.6 is 22.7 Å². The minimum absolute atomic E-state index is 0.138. The SMILES string of the molecule is COc1ccc(C=CC=Cc2sc(C)c(C3=C(c4c(OC)sc5ccccc45)C(F)(F)C(F)(F)C3(F)F)c2C)cc1. The fraction of sp³-hybridized carbons (Fsp3) is 0.226. The van der Waals surface area contributed by atoms with Crippen molar-refractivity contribution >= 4 is 56.1 Å². The van der Waals surface area contributed by atoms with Gasteiger partial charge in [-0.15, -0.1) is 11.3 Å². The van der Waals surface area contributed by atoms with Crippen LogP contribution in [0.4, 0.5) is 26.3 Å². The summed E-state index contributed by atoms with van der Waals surface area (Å²) < 4.78 is 103. The Morgan fingerprint density at radius 2 is 1.32 bits per heavy atom. The molecule has 0 spiro atoms. The lowest BCUT2D eigenvalue weighted by Crippen LogP contribution is -2.49. The lowest BCUT2D eigenvalue weighted by molar-refractivity contribution is -0.254. The summed E-state index contributed by atoms with van der Waals surface area (Å²) in [5.74, 6) is -15.3. The molecule has 41 heavy (non-hydrogen) atoms. The van der Waals surface area contributed by atoms with Crippen LogP contribution in [0.5, 0.6) is 10.8 Å². The zero-order valence-corrected chi connectivity index (χ0v) is 24.0. The molecule has 2 nitrogen and oxygen atoms in total. The average Bonchev–Trinajstić information content (AvgIpc) is 3.48. The maximum atomic E-state index is 15.6. The van der Waals surface area contributed by atoms with Crippen molar-refractivity contribution in [1.82, 2.24) is 0 Å². The van der Waals surface area contributed by atoms with Crippen molar-refractivity contribution in [2.75, 3.05) is 14.2 Å². The van der Waals surface area contributed by atoms with Crippen LogP contribution in [-0.4, -0.2) is 32.0 Å². The van der Waals surface area contributed by atoms with Crippen LogP contribution < -0.4 is 9.47 Å². The van der Waals surface area contributed by atoms with E-state index in [1.54, 1.807) is 49.6 Å². The van der Waals surface area contributed by atoms with Crippen molar-refractivity contribution in [3.05, 3.63) is 92.7 Å². The van der Waals surface area contributed by atoms with Crippen LogP contribution in [-0.2, 0) is 0 Å². The highest BCUT2D eigenvalue weighted by molar-refractivity contribution is 7.21. The van der Waals surface area contributed by atoms with E-state index >= 15 is 26.3 Å². The Labute approximate surface area is 240 Å². The summed E-state index contributed by atoms with van der Waals surface area (Å²) in [6.45, 7) is 2.94. The standard InChI is InChI=1S/C31H24F6O2S2/c1-17-22(11-7-5-9-19-13-15-20(38-3)16-14-19)40-18(2)24(17)26-27(30(34,35)31(36,37)29(26,32)33)25-21-10-6-8-12-23(21)41-28(25)39-4/h5-16H,1-4H3. The highest BCUT2D eigenvalue weighted by atomic mass is 32.1. The van der Waals surface area contributed by atoms with Crippen molar-refractivity contribution in [2.45, 2.75) is 31.6 Å². The number of allylic oxidation sites excluding steroid dienone is 4. The second-order valence-corrected chi connectivity index (χ2v) is 11.7. The number of thiophene rings is 2. The monoisotopic (exact) mass is 606 g/mol. The molecule has 2 aromatic carbocycles. The van der Waals surface area contributed by atoms with Gasteiger partial charge >= 0.3 is 17.8 Å². The van der Waals surface area contributed by atoms with Crippen LogP contribution in [0.15, 0.2) is 60.7 Å². The van der Waals surface area contributed by atoms with Gasteiger partial charge in [0.15, 0.2) is 5.06 Å². The van der Waals surface area contributed by atoms with Gasteiger partial charge in [-0.3, -0.25) is 0 Å². The van der Waals surface area contributed by atoms with E-state index in [1.165, 1.54) is 33.1 Å². The Bertz CT molecular complexity index is 1710. The third-order valence-corrected chi connectivity index (χ3v) is 9.34. The van der Waals surface area contributed by atoms with Crippen molar-refractivity contribution in [3.63, 3.8) is 0 Å². The maximum Gasteiger partial charge on any atom is 0.380 e. The first kappa shape index (κ1) is 29.0. The zero-order chi connectivity index (χ0) is 29.7. The number of alkyl halides is 6. The van der Waals surface area contributed by atoms with Crippen LogP contribution in [0.1, 0.15) is 32.0 Å². The third-order valence-electron chi connectivity index (χ3n) is 7.04. The maximum absolute atomic E-state index is 15.6. The summed E-state index contributed by atoms with van der Waals surface area (Å²) in [5.41, 5.74) is -2.41. The van der Waals surface area contributed by atoms with Gasteiger partial charge in [-0.05, 0) is 49.2 Å². The summed E-state index contributed by atoms with van der Waals surface area (Å²) >= 11 is 2.00. The molecule has 2 aromatic heterocycles. The number of hydrogen-bond donors (Lipinski definition) is 0. The molecule has 0 bridgehead atoms. The lowest BCUT2D eigenvalue weighted by atomic mass is 9.92. The molecule has 1 aliphatic carbocycles. The molecule has 0 saturated heterocycles. The number of hydrogen-bond acceptors (Lipinski definition) is 4. The van der Waals surface area contributed by atoms with Gasteiger partial charge in [0, 0.05) is 36.5 Å². The summed E-state index contributed by atoms with van der Waals surface area (Å²) in [5, 5.41) is 0.00514. The molecule has 0 atom stereocenters. The topological polar surface area (TPSA) is 18.5 Å². The Kier molecular flexibility index (Phi) is 7.36. The minimum atomic E-state index is -5.66. The second kappa shape index (κ2) is 10.4. The molecule has 0 amide bonds. The highest BCUT2D eigenvalue weighted by Gasteiger charge is 2.80. The highest BCUT2D eigenvalue weighted by Crippen LogP contribution is 2.67. The number of fused-ring (bicyclic) bond motifs is 1. The molecule has 1 aliphatic rings. The number of benzene rings is 2. The van der Waals surface area contributed by atoms with Gasteiger partial charge in [0.1, 0.15) is 5.75 Å². The molecule has 10 heteroatoms. The Hall–Kier alpha value is -3.50. The molecule has 0 aliphatic heterocycles. The molecule has 0 fully saturated rings. The first-order valence-corrected chi connectivity index (χ1v) is 14.0. The third kappa shape index (κ3) is 4.48. The van der Waals surface area contributed by atoms with E-state index in [9.17, 15) is 0 Å². The molecular weight excluding hydrogens is 582 g/mol. The quantitative estimate of drug-likeness (QED) is 0.154. The Morgan fingerprint density at radius 1 is 0.707 bits per heavy atom. The van der Waals surface area contributed by atoms with Crippen molar-refractivity contribution in [3.8, 4) is 10.8 Å². The lowest BCUT2D eigenvalue weighted by Gasteiger charge is -2.26. The molecule has 214 valence electrons. The Morgan fingerprint density at radius 3 is 1.95 bits per heavy atom. The minimum Gasteiger partial charge on any atom is -0.497 e. The molecular formula is C31H24F6O2S2. The van der Waals surface area contributed by atoms with Gasteiger partial charge in [-0.25, -0.2) is 0 Å². The van der Waals surface area contributed by atoms with Gasteiger partial charge in [0.2, 0.25) is 0 Å². The van der Waals surface area contributed by atoms with Gasteiger partial charge < -0.3 is 9.47 Å². The van der Waals surface area contributed by atoms with E-state index in [-0.39, 0.29) is 26.5 Å². The predicted molar refractivity (Wildman–Crippen MR) is 155 cm³/mol. The summed E-state index contributed by atoms with van der Waals surface area (Å²) in [6, 6.07) is 13.5. The second-order valence-electron chi connectivity index (χ2n) is 9.45. The van der Waals surface area contributed by atoms with E-state index in [2.05, 4.69) is 0 Å². The zero-order valence-electron chi connectivity index (χ0n) is 22.3. The average molecular weight is 607 g/mol. The number of methoxy groups -OCH3 is 2. The van der Waals surface area contributed by atoms with Crippen LogP contribution in [0, 0.1) is 13.8 Å². The van der Waals surface area contributed by atoms with Gasteiger partial charge in [0.25, 0.3) is 0 Å². The van der Waals surface area contributed by atoms with Gasteiger partial charge in [-0.2, -0.15) is 26.3 Å². The molecule has 5 rings (SSSR count). The van der Waals surface area contributed by atoms with Crippen molar-refractivity contribution in [2.24, 2.45) is 0 Å². The molecule has 0 radical (unpaired) electrons. The molecule has 0 saturated carbocycles. The fourth-order valence-electron chi connectivity index (χ4n) is 5.02. The van der Waals surface area contributed by atoms with Crippen LogP contribution in [0.25, 0.3) is 33.4 Å². The fourth-order valence-corrected chi connectivity index (χ4v) is 7.13. The van der Waals surface area contributed by atoms with E-state index in [1.807, 2.05) is 18.2 Å². The molecule has 0 N–H and O–H groups in total. The number of halogens is 6. The molecule has 4 aromatic rings. The smallest absolute Gasteiger partial charge is 0.380 e. The largest absolute Gasteiger partial charge is 0.497 e. The number of ether oxygens (including phenoxy) is 2. The molecule has 0 unspecified atom stereocenters. The van der Waals surface area contributed by atoms with Crippen molar-refractivity contribution in [1.29, 1.82) is 0 Å². The summed E-state index contributed by atoms with van der Waals surface area (Å²) in [7, 11) is 2.76. The van der Waals surface area contributed by atoms with Crippen molar-refractivity contribution < 1.29 is 35.8 Å². The number of aryl methyl sites for hydroxylation is 1. The number of rotatable bonds is 7. The molecule has 2 heterocycles. The van der Waals surface area contributed by atoms with Crippen LogP contribution in [0.3, 0.4) is 0 Å². The van der Waals surface area contributed by atoms with Gasteiger partial charge in [0.05, 0.1) is 19.8 Å². The first-order chi connectivity index (χ1) is 19.4. The normalized spacial score (nSPS) is 17.8. The first-order valence-electron chi connectivity index (χ1n) is 12.4.